The van der Waals surface area contributed by atoms with Crippen molar-refractivity contribution in [1.29, 1.82) is 0 Å². The third kappa shape index (κ3) is 4.16. The summed E-state index contributed by atoms with van der Waals surface area (Å²) in [5, 5.41) is 21.1. The average molecular weight is 523 g/mol. The predicted molar refractivity (Wildman–Crippen MR) is 158 cm³/mol. The van der Waals surface area contributed by atoms with Gasteiger partial charge in [-0.2, -0.15) is 0 Å². The van der Waals surface area contributed by atoms with Crippen LogP contribution in [0.5, 0.6) is 11.5 Å². The van der Waals surface area contributed by atoms with E-state index in [1.807, 2.05) is 72.8 Å². The Balaban J connectivity index is 1.24. The third-order valence-corrected chi connectivity index (χ3v) is 7.30. The lowest BCUT2D eigenvalue weighted by Crippen LogP contribution is -2.04. The zero-order chi connectivity index (χ0) is 27.1. The maximum Gasteiger partial charge on any atom is 0.145 e. The molecule has 0 aliphatic rings. The van der Waals surface area contributed by atoms with Gasteiger partial charge < -0.3 is 19.3 Å². The summed E-state index contributed by atoms with van der Waals surface area (Å²) in [6.07, 6.45) is 0. The summed E-state index contributed by atoms with van der Waals surface area (Å²) >= 11 is 0. The van der Waals surface area contributed by atoms with Crippen LogP contribution in [0.25, 0.3) is 44.8 Å². The van der Waals surface area contributed by atoms with Gasteiger partial charge in [0.2, 0.25) is 0 Å². The second-order valence-electron chi connectivity index (χ2n) is 9.87. The van der Waals surface area contributed by atoms with Crippen LogP contribution in [0.3, 0.4) is 0 Å². The largest absolute Gasteiger partial charge is 0.507 e. The fourth-order valence-corrected chi connectivity index (χ4v) is 5.32. The monoisotopic (exact) mass is 522 g/mol. The Kier molecular flexibility index (Phi) is 5.78. The maximum atomic E-state index is 10.6. The van der Waals surface area contributed by atoms with Crippen LogP contribution in [0.4, 0.5) is 0 Å². The van der Waals surface area contributed by atoms with E-state index in [-0.39, 0.29) is 11.5 Å². The highest BCUT2D eigenvalue weighted by Crippen LogP contribution is 2.33. The minimum atomic E-state index is 0.210. The molecule has 0 fully saturated rings. The van der Waals surface area contributed by atoms with Gasteiger partial charge >= 0.3 is 0 Å². The summed E-state index contributed by atoms with van der Waals surface area (Å²) < 4.78 is 4.30. The van der Waals surface area contributed by atoms with Crippen molar-refractivity contribution in [3.8, 4) is 34.3 Å². The van der Waals surface area contributed by atoms with Crippen molar-refractivity contribution < 1.29 is 10.2 Å². The van der Waals surface area contributed by atoms with Gasteiger partial charge in [-0.05, 0) is 59.7 Å². The van der Waals surface area contributed by atoms with Crippen molar-refractivity contribution in [2.75, 3.05) is 0 Å². The number of rotatable bonds is 6. The van der Waals surface area contributed by atoms with Crippen LogP contribution in [-0.4, -0.2) is 29.3 Å². The van der Waals surface area contributed by atoms with E-state index in [1.165, 1.54) is 0 Å². The van der Waals surface area contributed by atoms with Gasteiger partial charge in [-0.15, -0.1) is 0 Å². The zero-order valence-electron chi connectivity index (χ0n) is 21.6. The summed E-state index contributed by atoms with van der Waals surface area (Å²) in [4.78, 5) is 9.71. The topological polar surface area (TPSA) is 76.1 Å². The van der Waals surface area contributed by atoms with Crippen LogP contribution in [0.1, 0.15) is 11.1 Å². The van der Waals surface area contributed by atoms with Crippen LogP contribution in [0, 0.1) is 0 Å². The smallest absolute Gasteiger partial charge is 0.145 e. The first-order valence-corrected chi connectivity index (χ1v) is 13.2. The highest BCUT2D eigenvalue weighted by atomic mass is 16.3. The van der Waals surface area contributed by atoms with E-state index in [0.717, 1.165) is 44.8 Å². The number of hydrogen-bond donors (Lipinski definition) is 2. The van der Waals surface area contributed by atoms with E-state index in [1.54, 1.807) is 12.1 Å². The number of phenolic OH excluding ortho intramolecular Hbond substituents is 2. The lowest BCUT2D eigenvalue weighted by Gasteiger charge is -2.13. The fourth-order valence-electron chi connectivity index (χ4n) is 5.32. The average Bonchev–Trinajstić information content (AvgIpc) is 3.53. The number of para-hydroxylation sites is 6. The SMILES string of the molecule is Oc1ccccc1-c1nc2ccccc2n1Cc1ccc(Cn2c(-c3ccccc3O)nc3ccccc32)cc1. The summed E-state index contributed by atoms with van der Waals surface area (Å²) in [5.74, 6) is 1.89. The molecule has 6 heteroatoms. The molecule has 0 aliphatic heterocycles. The van der Waals surface area contributed by atoms with Crippen molar-refractivity contribution >= 4 is 22.1 Å². The molecule has 2 N–H and O–H groups in total. The van der Waals surface area contributed by atoms with E-state index in [2.05, 4.69) is 45.5 Å². The molecule has 0 radical (unpaired) electrons. The number of phenols is 2. The minimum Gasteiger partial charge on any atom is -0.507 e. The maximum absolute atomic E-state index is 10.6. The summed E-state index contributed by atoms with van der Waals surface area (Å²) in [7, 11) is 0. The molecule has 6 nitrogen and oxygen atoms in total. The van der Waals surface area contributed by atoms with E-state index in [0.29, 0.717) is 24.2 Å². The Hall–Kier alpha value is -5.36. The Morgan fingerprint density at radius 1 is 0.450 bits per heavy atom. The van der Waals surface area contributed by atoms with E-state index in [4.69, 9.17) is 9.97 Å². The van der Waals surface area contributed by atoms with Crippen LogP contribution in [-0.2, 0) is 13.1 Å². The van der Waals surface area contributed by atoms with Gasteiger partial charge in [0.05, 0.1) is 33.2 Å². The van der Waals surface area contributed by atoms with Crippen LogP contribution >= 0.6 is 0 Å². The molecule has 0 saturated heterocycles. The zero-order valence-corrected chi connectivity index (χ0v) is 21.6. The molecule has 194 valence electrons. The highest BCUT2D eigenvalue weighted by molar-refractivity contribution is 5.83. The number of aromatic nitrogens is 4. The van der Waals surface area contributed by atoms with Crippen LogP contribution in [0.15, 0.2) is 121 Å². The minimum absolute atomic E-state index is 0.210. The molecule has 5 aromatic carbocycles. The van der Waals surface area contributed by atoms with Crippen molar-refractivity contribution in [3.05, 3.63) is 132 Å². The second-order valence-corrected chi connectivity index (χ2v) is 9.87. The molecule has 0 unspecified atom stereocenters. The Morgan fingerprint density at radius 2 is 0.825 bits per heavy atom. The quantitative estimate of drug-likeness (QED) is 0.242. The first-order valence-electron chi connectivity index (χ1n) is 13.2. The normalized spacial score (nSPS) is 11.4. The van der Waals surface area contributed by atoms with Crippen LogP contribution in [0.2, 0.25) is 0 Å². The molecule has 0 spiro atoms. The van der Waals surface area contributed by atoms with Crippen molar-refractivity contribution in [2.45, 2.75) is 13.1 Å². The first-order chi connectivity index (χ1) is 19.7. The lowest BCUT2D eigenvalue weighted by molar-refractivity contribution is 0.476. The molecule has 0 bridgehead atoms. The summed E-state index contributed by atoms with van der Waals surface area (Å²) in [6, 6.07) is 39.3. The lowest BCUT2D eigenvalue weighted by atomic mass is 10.1. The first kappa shape index (κ1) is 23.7. The van der Waals surface area contributed by atoms with Gasteiger partial charge in [0, 0.05) is 13.1 Å². The van der Waals surface area contributed by atoms with Gasteiger partial charge in [0.25, 0.3) is 0 Å². The molecule has 0 saturated carbocycles. The van der Waals surface area contributed by atoms with E-state index in [9.17, 15) is 10.2 Å². The second kappa shape index (κ2) is 9.75. The molecular formula is C34H26N4O2. The Labute approximate surface area is 231 Å². The number of fused-ring (bicyclic) bond motifs is 2. The molecule has 40 heavy (non-hydrogen) atoms. The Bertz CT molecular complexity index is 1840. The van der Waals surface area contributed by atoms with Crippen molar-refractivity contribution in [2.24, 2.45) is 0 Å². The van der Waals surface area contributed by atoms with Gasteiger partial charge in [0.1, 0.15) is 23.1 Å². The predicted octanol–water partition coefficient (Wildman–Crippen LogP) is 7.23. The van der Waals surface area contributed by atoms with Crippen molar-refractivity contribution in [1.82, 2.24) is 19.1 Å². The van der Waals surface area contributed by atoms with E-state index < -0.39 is 0 Å². The highest BCUT2D eigenvalue weighted by Gasteiger charge is 2.17. The van der Waals surface area contributed by atoms with Gasteiger partial charge in [-0.25, -0.2) is 9.97 Å². The Morgan fingerprint density at radius 3 is 1.25 bits per heavy atom. The van der Waals surface area contributed by atoms with E-state index >= 15 is 0 Å². The molecule has 0 amide bonds. The molecule has 2 heterocycles. The van der Waals surface area contributed by atoms with Gasteiger partial charge in [-0.3, -0.25) is 0 Å². The van der Waals surface area contributed by atoms with Crippen LogP contribution < -0.4 is 0 Å². The standard InChI is InChI=1S/C34H26N4O2/c39-31-15-7-1-9-25(31)33-35-27-11-3-5-13-29(27)37(33)21-23-17-19-24(20-18-23)22-38-30-14-6-4-12-28(30)36-34(38)26-10-2-8-16-32(26)40/h1-20,39-40H,21-22H2. The molecule has 0 aliphatic carbocycles. The molecule has 7 aromatic rings. The third-order valence-electron chi connectivity index (χ3n) is 7.30. The molecule has 0 atom stereocenters. The number of benzene rings is 5. The number of aromatic hydroxyl groups is 2. The molecular weight excluding hydrogens is 496 g/mol. The number of nitrogens with zero attached hydrogens (tertiary/aromatic N) is 4. The number of imidazole rings is 2. The number of hydrogen-bond acceptors (Lipinski definition) is 4. The summed E-state index contributed by atoms with van der Waals surface area (Å²) in [5.41, 5.74) is 7.48. The molecule has 2 aromatic heterocycles. The summed E-state index contributed by atoms with van der Waals surface area (Å²) in [6.45, 7) is 1.23. The van der Waals surface area contributed by atoms with Crippen molar-refractivity contribution in [3.63, 3.8) is 0 Å². The van der Waals surface area contributed by atoms with Gasteiger partial charge in [0.15, 0.2) is 0 Å². The molecule has 7 rings (SSSR count). The fraction of sp³-hybridized carbons (Fsp3) is 0.0588. The van der Waals surface area contributed by atoms with Gasteiger partial charge in [-0.1, -0.05) is 72.8 Å².